The summed E-state index contributed by atoms with van der Waals surface area (Å²) in [5, 5.41) is 7.86. The van der Waals surface area contributed by atoms with Gasteiger partial charge in [0, 0.05) is 23.5 Å². The molecular formula is C25H32N4O. The quantitative estimate of drug-likeness (QED) is 0.637. The van der Waals surface area contributed by atoms with Gasteiger partial charge in [-0.3, -0.25) is 9.69 Å². The van der Waals surface area contributed by atoms with E-state index in [1.165, 1.54) is 5.56 Å². The Bertz CT molecular complexity index is 1030. The Labute approximate surface area is 179 Å². The number of carbonyl (C=O) groups excluding carboxylic acids is 1. The van der Waals surface area contributed by atoms with Crippen molar-refractivity contribution in [3.05, 3.63) is 76.1 Å². The van der Waals surface area contributed by atoms with Crippen molar-refractivity contribution in [2.24, 2.45) is 0 Å². The van der Waals surface area contributed by atoms with E-state index in [0.29, 0.717) is 6.54 Å². The molecule has 1 heterocycles. The van der Waals surface area contributed by atoms with Gasteiger partial charge in [-0.15, -0.1) is 0 Å². The molecule has 3 aromatic rings. The SMILES string of the molecule is Cc1cc(C)c(NC(=O)[C@H](C)N(C)Cc2c(C)nn(-c3ccccc3)c2C)c(C)c1. The van der Waals surface area contributed by atoms with Crippen LogP contribution in [0.4, 0.5) is 5.69 Å². The topological polar surface area (TPSA) is 50.2 Å². The van der Waals surface area contributed by atoms with Gasteiger partial charge in [0.25, 0.3) is 0 Å². The summed E-state index contributed by atoms with van der Waals surface area (Å²) >= 11 is 0. The van der Waals surface area contributed by atoms with Crippen LogP contribution in [0.1, 0.15) is 40.6 Å². The number of rotatable bonds is 6. The Balaban J connectivity index is 1.75. The molecule has 0 saturated carbocycles. The Kier molecular flexibility index (Phi) is 6.42. The molecular weight excluding hydrogens is 372 g/mol. The van der Waals surface area contributed by atoms with Crippen LogP contribution in [0.25, 0.3) is 5.69 Å². The number of nitrogens with zero attached hydrogens (tertiary/aromatic N) is 3. The van der Waals surface area contributed by atoms with Crippen LogP contribution < -0.4 is 5.32 Å². The minimum atomic E-state index is -0.274. The molecule has 0 aliphatic rings. The smallest absolute Gasteiger partial charge is 0.241 e. The number of hydrogen-bond acceptors (Lipinski definition) is 3. The first-order valence-corrected chi connectivity index (χ1v) is 10.4. The fourth-order valence-electron chi connectivity index (χ4n) is 3.92. The largest absolute Gasteiger partial charge is 0.324 e. The number of para-hydroxylation sites is 1. The van der Waals surface area contributed by atoms with Crippen LogP contribution in [-0.2, 0) is 11.3 Å². The molecule has 0 unspecified atom stereocenters. The number of benzene rings is 2. The number of carbonyl (C=O) groups is 1. The molecule has 5 heteroatoms. The van der Waals surface area contributed by atoms with Crippen LogP contribution in [0, 0.1) is 34.6 Å². The molecule has 0 aliphatic heterocycles. The van der Waals surface area contributed by atoms with Gasteiger partial charge in [-0.2, -0.15) is 5.10 Å². The lowest BCUT2D eigenvalue weighted by Gasteiger charge is -2.25. The minimum Gasteiger partial charge on any atom is -0.324 e. The van der Waals surface area contributed by atoms with Gasteiger partial charge < -0.3 is 5.32 Å². The van der Waals surface area contributed by atoms with Crippen LogP contribution >= 0.6 is 0 Å². The maximum Gasteiger partial charge on any atom is 0.241 e. The van der Waals surface area contributed by atoms with E-state index in [4.69, 9.17) is 5.10 Å². The first kappa shape index (κ1) is 21.8. The van der Waals surface area contributed by atoms with Crippen molar-refractivity contribution in [3.8, 4) is 5.69 Å². The van der Waals surface area contributed by atoms with Crippen molar-refractivity contribution >= 4 is 11.6 Å². The molecule has 158 valence electrons. The fraction of sp³-hybridized carbons (Fsp3) is 0.360. The number of likely N-dealkylation sites (N-methyl/N-ethyl adjacent to an activating group) is 1. The van der Waals surface area contributed by atoms with Crippen molar-refractivity contribution in [1.82, 2.24) is 14.7 Å². The number of amides is 1. The van der Waals surface area contributed by atoms with Crippen molar-refractivity contribution in [1.29, 1.82) is 0 Å². The Morgan fingerprint density at radius 2 is 1.67 bits per heavy atom. The highest BCUT2D eigenvalue weighted by atomic mass is 16.2. The third-order valence-electron chi connectivity index (χ3n) is 5.82. The summed E-state index contributed by atoms with van der Waals surface area (Å²) < 4.78 is 1.97. The van der Waals surface area contributed by atoms with Crippen LogP contribution in [0.5, 0.6) is 0 Å². The summed E-state index contributed by atoms with van der Waals surface area (Å²) in [4.78, 5) is 15.0. The molecule has 0 fully saturated rings. The Morgan fingerprint density at radius 3 is 2.27 bits per heavy atom. The monoisotopic (exact) mass is 404 g/mol. The fourth-order valence-corrected chi connectivity index (χ4v) is 3.92. The van der Waals surface area contributed by atoms with Gasteiger partial charge >= 0.3 is 0 Å². The highest BCUT2D eigenvalue weighted by molar-refractivity contribution is 5.95. The summed E-state index contributed by atoms with van der Waals surface area (Å²) in [6.45, 7) is 12.9. The predicted octanol–water partition coefficient (Wildman–Crippen LogP) is 4.87. The number of aryl methyl sites for hydroxylation is 4. The molecule has 5 nitrogen and oxygen atoms in total. The molecule has 1 atom stereocenters. The number of aromatic nitrogens is 2. The van der Waals surface area contributed by atoms with Crippen LogP contribution in [-0.4, -0.2) is 33.7 Å². The summed E-state index contributed by atoms with van der Waals surface area (Å²) in [5.41, 5.74) is 8.58. The number of nitrogens with one attached hydrogen (secondary N) is 1. The molecule has 3 rings (SSSR count). The van der Waals surface area contributed by atoms with Crippen molar-refractivity contribution in [2.45, 2.75) is 54.1 Å². The summed E-state index contributed by atoms with van der Waals surface area (Å²) in [6, 6.07) is 14.1. The third kappa shape index (κ3) is 4.46. The standard InChI is InChI=1S/C25H32N4O/c1-16-13-17(2)24(18(3)14-16)26-25(30)21(6)28(7)15-23-19(4)27-29(20(23)5)22-11-9-8-10-12-22/h8-14,21H,15H2,1-7H3,(H,26,30)/t21-/m0/s1. The first-order chi connectivity index (χ1) is 14.2. The van der Waals surface area contributed by atoms with E-state index in [1.807, 2.05) is 57.6 Å². The van der Waals surface area contributed by atoms with E-state index < -0.39 is 0 Å². The highest BCUT2D eigenvalue weighted by Gasteiger charge is 2.22. The van der Waals surface area contributed by atoms with E-state index >= 15 is 0 Å². The molecule has 0 bridgehead atoms. The van der Waals surface area contributed by atoms with Crippen molar-refractivity contribution in [3.63, 3.8) is 0 Å². The first-order valence-electron chi connectivity index (χ1n) is 10.4. The molecule has 1 amide bonds. The normalized spacial score (nSPS) is 12.3. The van der Waals surface area contributed by atoms with Gasteiger partial charge in [-0.05, 0) is 71.8 Å². The summed E-state index contributed by atoms with van der Waals surface area (Å²) in [7, 11) is 1.98. The summed E-state index contributed by atoms with van der Waals surface area (Å²) in [5.74, 6) is -0.00156. The van der Waals surface area contributed by atoms with E-state index in [9.17, 15) is 4.79 Å². The molecule has 2 aromatic carbocycles. The lowest BCUT2D eigenvalue weighted by atomic mass is 10.0. The lowest BCUT2D eigenvalue weighted by molar-refractivity contribution is -0.120. The molecule has 0 aliphatic carbocycles. The Hall–Kier alpha value is -2.92. The highest BCUT2D eigenvalue weighted by Crippen LogP contribution is 2.23. The Morgan fingerprint density at radius 1 is 1.07 bits per heavy atom. The maximum atomic E-state index is 13.0. The average molecular weight is 405 g/mol. The molecule has 0 radical (unpaired) electrons. The zero-order valence-electron chi connectivity index (χ0n) is 19.1. The average Bonchev–Trinajstić information content (AvgIpc) is 2.98. The van der Waals surface area contributed by atoms with Gasteiger partial charge in [-0.1, -0.05) is 35.9 Å². The van der Waals surface area contributed by atoms with E-state index in [0.717, 1.165) is 39.5 Å². The summed E-state index contributed by atoms with van der Waals surface area (Å²) in [6.07, 6.45) is 0. The lowest BCUT2D eigenvalue weighted by Crippen LogP contribution is -2.39. The molecule has 30 heavy (non-hydrogen) atoms. The van der Waals surface area contributed by atoms with Crippen molar-refractivity contribution < 1.29 is 4.79 Å². The van der Waals surface area contributed by atoms with Gasteiger partial charge in [0.15, 0.2) is 0 Å². The molecule has 0 spiro atoms. The molecule has 1 N–H and O–H groups in total. The van der Waals surface area contributed by atoms with Gasteiger partial charge in [-0.25, -0.2) is 4.68 Å². The van der Waals surface area contributed by atoms with Gasteiger partial charge in [0.1, 0.15) is 0 Å². The van der Waals surface area contributed by atoms with E-state index in [1.54, 1.807) is 0 Å². The second kappa shape index (κ2) is 8.84. The molecule has 0 saturated heterocycles. The van der Waals surface area contributed by atoms with Gasteiger partial charge in [0.05, 0.1) is 17.4 Å². The minimum absolute atomic E-state index is 0.00156. The third-order valence-corrected chi connectivity index (χ3v) is 5.82. The predicted molar refractivity (Wildman–Crippen MR) is 123 cm³/mol. The molecule has 1 aromatic heterocycles. The second-order valence-corrected chi connectivity index (χ2v) is 8.25. The van der Waals surface area contributed by atoms with Crippen LogP contribution in [0.3, 0.4) is 0 Å². The number of anilines is 1. The van der Waals surface area contributed by atoms with E-state index in [-0.39, 0.29) is 11.9 Å². The van der Waals surface area contributed by atoms with E-state index in [2.05, 4.69) is 48.3 Å². The number of hydrogen-bond donors (Lipinski definition) is 1. The van der Waals surface area contributed by atoms with Gasteiger partial charge in [0.2, 0.25) is 5.91 Å². The van der Waals surface area contributed by atoms with Crippen LogP contribution in [0.15, 0.2) is 42.5 Å². The van der Waals surface area contributed by atoms with Crippen LogP contribution in [0.2, 0.25) is 0 Å². The zero-order valence-corrected chi connectivity index (χ0v) is 19.1. The zero-order chi connectivity index (χ0) is 22.0. The maximum absolute atomic E-state index is 13.0. The van der Waals surface area contributed by atoms with Crippen molar-refractivity contribution in [2.75, 3.05) is 12.4 Å². The second-order valence-electron chi connectivity index (χ2n) is 8.25.